The number of likely N-dealkylation sites (tertiary alicyclic amines) is 1. The number of nitrogens with one attached hydrogen (secondary N) is 1. The SMILES string of the molecule is CN1CCC2NC(=O)N(c3nc4c5c(ccc4s3)OCC5)C2C12CC2. The molecule has 3 fully saturated rings. The molecule has 2 atom stereocenters. The second-order valence-electron chi connectivity index (χ2n) is 7.67. The summed E-state index contributed by atoms with van der Waals surface area (Å²) < 4.78 is 6.81. The number of benzene rings is 1. The second kappa shape index (κ2) is 4.65. The highest BCUT2D eigenvalue weighted by Crippen LogP contribution is 2.52. The number of rotatable bonds is 1. The monoisotopic (exact) mass is 356 g/mol. The third-order valence-electron chi connectivity index (χ3n) is 6.46. The van der Waals surface area contributed by atoms with Crippen LogP contribution in [0, 0.1) is 0 Å². The van der Waals surface area contributed by atoms with E-state index in [2.05, 4.69) is 23.3 Å². The molecule has 0 bridgehead atoms. The molecule has 130 valence electrons. The third-order valence-corrected chi connectivity index (χ3v) is 7.48. The standard InChI is InChI=1S/C18H20N4O2S/c1-21-8-4-11-15(18(21)6-7-18)22(16(23)19-11)17-20-14-10-5-9-24-12(10)2-3-13(14)25-17/h2-3,11,15H,4-9H2,1H3,(H,19,23). The predicted octanol–water partition coefficient (Wildman–Crippen LogP) is 2.37. The predicted molar refractivity (Wildman–Crippen MR) is 96.6 cm³/mol. The lowest BCUT2D eigenvalue weighted by Crippen LogP contribution is -2.59. The molecule has 1 aromatic carbocycles. The van der Waals surface area contributed by atoms with Gasteiger partial charge in [0.15, 0.2) is 5.13 Å². The van der Waals surface area contributed by atoms with Crippen molar-refractivity contribution in [1.82, 2.24) is 15.2 Å². The van der Waals surface area contributed by atoms with Crippen LogP contribution >= 0.6 is 11.3 Å². The Morgan fingerprint density at radius 3 is 3.12 bits per heavy atom. The minimum absolute atomic E-state index is 0.0172. The normalized spacial score (nSPS) is 29.6. The topological polar surface area (TPSA) is 57.7 Å². The largest absolute Gasteiger partial charge is 0.493 e. The van der Waals surface area contributed by atoms with Gasteiger partial charge in [0, 0.05) is 24.1 Å². The number of carbonyl (C=O) groups is 1. The number of hydrogen-bond donors (Lipinski definition) is 1. The van der Waals surface area contributed by atoms with Gasteiger partial charge in [0.2, 0.25) is 0 Å². The smallest absolute Gasteiger partial charge is 0.324 e. The fraction of sp³-hybridized carbons (Fsp3) is 0.556. The van der Waals surface area contributed by atoms with Crippen molar-refractivity contribution in [2.75, 3.05) is 25.1 Å². The summed E-state index contributed by atoms with van der Waals surface area (Å²) in [7, 11) is 2.20. The van der Waals surface area contributed by atoms with E-state index in [1.165, 1.54) is 18.4 Å². The van der Waals surface area contributed by atoms with E-state index in [1.54, 1.807) is 11.3 Å². The summed E-state index contributed by atoms with van der Waals surface area (Å²) >= 11 is 1.63. The fourth-order valence-corrected chi connectivity index (χ4v) is 6.04. The van der Waals surface area contributed by atoms with Crippen molar-refractivity contribution in [3.63, 3.8) is 0 Å². The number of ether oxygens (including phenoxy) is 1. The number of nitrogens with zero attached hydrogens (tertiary/aromatic N) is 3. The van der Waals surface area contributed by atoms with Gasteiger partial charge in [-0.25, -0.2) is 9.78 Å². The van der Waals surface area contributed by atoms with E-state index in [-0.39, 0.29) is 23.7 Å². The summed E-state index contributed by atoms with van der Waals surface area (Å²) in [6.45, 7) is 1.78. The van der Waals surface area contributed by atoms with Gasteiger partial charge in [0.05, 0.1) is 28.9 Å². The first-order valence-corrected chi connectivity index (χ1v) is 9.85. The Bertz CT molecular complexity index is 906. The van der Waals surface area contributed by atoms with Crippen molar-refractivity contribution in [3.8, 4) is 5.75 Å². The van der Waals surface area contributed by atoms with Crippen molar-refractivity contribution in [2.45, 2.75) is 43.3 Å². The highest BCUT2D eigenvalue weighted by atomic mass is 32.1. The molecule has 1 spiro atoms. The number of hydrogen-bond acceptors (Lipinski definition) is 5. The average Bonchev–Trinajstić information content (AvgIpc) is 2.97. The van der Waals surface area contributed by atoms with Crippen LogP contribution in [0.3, 0.4) is 0 Å². The average molecular weight is 356 g/mol. The highest BCUT2D eigenvalue weighted by Gasteiger charge is 2.63. The van der Waals surface area contributed by atoms with Gasteiger partial charge in [-0.15, -0.1) is 0 Å². The summed E-state index contributed by atoms with van der Waals surface area (Å²) in [6, 6.07) is 4.57. The molecule has 2 amide bonds. The van der Waals surface area contributed by atoms with Gasteiger partial charge in [-0.05, 0) is 38.4 Å². The summed E-state index contributed by atoms with van der Waals surface area (Å²) in [5.74, 6) is 0.948. The van der Waals surface area contributed by atoms with Crippen LogP contribution in [0.5, 0.6) is 5.75 Å². The van der Waals surface area contributed by atoms with Gasteiger partial charge in [0.25, 0.3) is 0 Å². The number of urea groups is 1. The molecule has 4 aliphatic rings. The fourth-order valence-electron chi connectivity index (χ4n) is 5.01. The molecule has 6 nitrogen and oxygen atoms in total. The van der Waals surface area contributed by atoms with Crippen LogP contribution in [-0.2, 0) is 6.42 Å². The van der Waals surface area contributed by atoms with Crippen molar-refractivity contribution in [2.24, 2.45) is 0 Å². The Morgan fingerprint density at radius 1 is 1.40 bits per heavy atom. The number of fused-ring (bicyclic) bond motifs is 5. The Labute approximate surface area is 149 Å². The molecular formula is C18H20N4O2S. The van der Waals surface area contributed by atoms with E-state index in [0.29, 0.717) is 0 Å². The first kappa shape index (κ1) is 14.3. The van der Waals surface area contributed by atoms with E-state index in [1.807, 2.05) is 11.0 Å². The number of anilines is 1. The molecule has 2 saturated heterocycles. The van der Waals surface area contributed by atoms with Gasteiger partial charge < -0.3 is 10.1 Å². The van der Waals surface area contributed by atoms with Crippen LogP contribution in [0.15, 0.2) is 12.1 Å². The maximum atomic E-state index is 12.8. The number of piperidine rings is 1. The van der Waals surface area contributed by atoms with Gasteiger partial charge in [-0.2, -0.15) is 0 Å². The first-order chi connectivity index (χ1) is 12.2. The van der Waals surface area contributed by atoms with E-state index in [9.17, 15) is 4.79 Å². The summed E-state index contributed by atoms with van der Waals surface area (Å²) in [4.78, 5) is 22.1. The zero-order chi connectivity index (χ0) is 16.8. The molecule has 7 heteroatoms. The second-order valence-corrected chi connectivity index (χ2v) is 8.68. The minimum Gasteiger partial charge on any atom is -0.493 e. The number of carbonyl (C=O) groups excluding carboxylic acids is 1. The lowest BCUT2D eigenvalue weighted by molar-refractivity contribution is 0.130. The van der Waals surface area contributed by atoms with E-state index < -0.39 is 0 Å². The Morgan fingerprint density at radius 2 is 2.28 bits per heavy atom. The number of likely N-dealkylation sites (N-methyl/N-ethyl adjacent to an activating group) is 1. The lowest BCUT2D eigenvalue weighted by Gasteiger charge is -2.43. The third kappa shape index (κ3) is 1.77. The molecule has 3 aliphatic heterocycles. The summed E-state index contributed by atoms with van der Waals surface area (Å²) in [5.41, 5.74) is 2.35. The van der Waals surface area contributed by atoms with E-state index in [0.717, 1.165) is 47.1 Å². The number of aromatic nitrogens is 1. The molecule has 2 unspecified atom stereocenters. The Hall–Kier alpha value is -1.86. The highest BCUT2D eigenvalue weighted by molar-refractivity contribution is 7.22. The minimum atomic E-state index is 0.0172. The van der Waals surface area contributed by atoms with Gasteiger partial charge >= 0.3 is 6.03 Å². The molecule has 6 rings (SSSR count). The van der Waals surface area contributed by atoms with Gasteiger partial charge in [-0.1, -0.05) is 11.3 Å². The molecule has 1 N–H and O–H groups in total. The molecule has 1 aliphatic carbocycles. The molecule has 2 aromatic rings. The molecular weight excluding hydrogens is 336 g/mol. The number of thiazole rings is 1. The van der Waals surface area contributed by atoms with Crippen molar-refractivity contribution >= 4 is 32.7 Å². The van der Waals surface area contributed by atoms with E-state index in [4.69, 9.17) is 9.72 Å². The lowest BCUT2D eigenvalue weighted by atomic mass is 9.90. The quantitative estimate of drug-likeness (QED) is 0.852. The molecule has 25 heavy (non-hydrogen) atoms. The first-order valence-electron chi connectivity index (χ1n) is 9.04. The zero-order valence-corrected chi connectivity index (χ0v) is 14.9. The molecule has 1 saturated carbocycles. The summed E-state index contributed by atoms with van der Waals surface area (Å²) in [5, 5.41) is 4.05. The van der Waals surface area contributed by atoms with Crippen LogP contribution in [0.2, 0.25) is 0 Å². The van der Waals surface area contributed by atoms with Crippen LogP contribution in [-0.4, -0.2) is 53.7 Å². The van der Waals surface area contributed by atoms with E-state index >= 15 is 0 Å². The Balaban J connectivity index is 1.48. The van der Waals surface area contributed by atoms with Crippen molar-refractivity contribution in [1.29, 1.82) is 0 Å². The molecule has 1 aromatic heterocycles. The van der Waals surface area contributed by atoms with Crippen LogP contribution < -0.4 is 15.0 Å². The van der Waals surface area contributed by atoms with Crippen LogP contribution in [0.25, 0.3) is 10.2 Å². The molecule has 0 radical (unpaired) electrons. The summed E-state index contributed by atoms with van der Waals surface area (Å²) in [6.07, 6.45) is 4.26. The molecule has 4 heterocycles. The maximum Gasteiger partial charge on any atom is 0.324 e. The van der Waals surface area contributed by atoms with Gasteiger partial charge in [-0.3, -0.25) is 9.80 Å². The van der Waals surface area contributed by atoms with Crippen molar-refractivity contribution in [3.05, 3.63) is 17.7 Å². The van der Waals surface area contributed by atoms with Crippen LogP contribution in [0.4, 0.5) is 9.93 Å². The zero-order valence-electron chi connectivity index (χ0n) is 14.1. The van der Waals surface area contributed by atoms with Gasteiger partial charge in [0.1, 0.15) is 5.75 Å². The number of amides is 2. The van der Waals surface area contributed by atoms with Crippen molar-refractivity contribution < 1.29 is 9.53 Å². The maximum absolute atomic E-state index is 12.8. The Kier molecular flexibility index (Phi) is 2.66. The van der Waals surface area contributed by atoms with Crippen LogP contribution in [0.1, 0.15) is 24.8 Å².